The van der Waals surface area contributed by atoms with Gasteiger partial charge in [-0.05, 0) is 44.2 Å². The van der Waals surface area contributed by atoms with Gasteiger partial charge in [0.25, 0.3) is 0 Å². The lowest BCUT2D eigenvalue weighted by molar-refractivity contribution is -0.155. The lowest BCUT2D eigenvalue weighted by Crippen LogP contribution is -2.63. The van der Waals surface area contributed by atoms with E-state index in [2.05, 4.69) is 5.32 Å². The van der Waals surface area contributed by atoms with Gasteiger partial charge in [0.2, 0.25) is 5.91 Å². The van der Waals surface area contributed by atoms with Crippen LogP contribution >= 0.6 is 33.2 Å². The minimum atomic E-state index is -1.78. The van der Waals surface area contributed by atoms with Crippen LogP contribution in [0.3, 0.4) is 0 Å². The van der Waals surface area contributed by atoms with E-state index >= 15 is 0 Å². The van der Waals surface area contributed by atoms with Crippen molar-refractivity contribution in [3.8, 4) is 5.75 Å². The van der Waals surface area contributed by atoms with E-state index in [0.29, 0.717) is 24.5 Å². The SMILES string of the molecule is COc1cc2cc(c1Cl)N(C)C(=O)C[C@H](OC(=O)CCOCCSSC)[C@]1(C)O[C@H]1[C@H](C)[C@@H]1C[C@@](O)(NC(=O)O1)[C@H](OC)/C=C/C=C(\C)C2. The van der Waals surface area contributed by atoms with Gasteiger partial charge in [-0.2, -0.15) is 0 Å². The topological polar surface area (TPSA) is 145 Å². The molecule has 2 N–H and O–H groups in total. The number of halogens is 1. The Kier molecular flexibility index (Phi) is 13.8. The molecule has 0 saturated carbocycles. The highest BCUT2D eigenvalue weighted by Gasteiger charge is 2.64. The zero-order valence-electron chi connectivity index (χ0n) is 29.0. The summed E-state index contributed by atoms with van der Waals surface area (Å²) in [6.45, 7) is 6.19. The first kappa shape index (κ1) is 39.3. The molecule has 4 rings (SSSR count). The summed E-state index contributed by atoms with van der Waals surface area (Å²) in [6, 6.07) is 3.63. The summed E-state index contributed by atoms with van der Waals surface area (Å²) < 4.78 is 34.6. The number of carbonyl (C=O) groups is 3. The van der Waals surface area contributed by atoms with Gasteiger partial charge in [-0.25, -0.2) is 4.79 Å². The number of rotatable bonds is 10. The van der Waals surface area contributed by atoms with Crippen molar-refractivity contribution in [3.05, 3.63) is 46.5 Å². The number of hydrogen-bond acceptors (Lipinski definition) is 12. The number of anilines is 1. The number of aliphatic hydroxyl groups is 1. The van der Waals surface area contributed by atoms with Gasteiger partial charge in [0.1, 0.15) is 34.7 Å². The molecule has 49 heavy (non-hydrogen) atoms. The number of nitrogens with zero attached hydrogens (tertiary/aromatic N) is 1. The maximum absolute atomic E-state index is 13.9. The van der Waals surface area contributed by atoms with Crippen molar-refractivity contribution < 1.29 is 47.9 Å². The van der Waals surface area contributed by atoms with Crippen molar-refractivity contribution in [2.24, 2.45) is 5.92 Å². The minimum Gasteiger partial charge on any atom is -0.495 e. The van der Waals surface area contributed by atoms with Gasteiger partial charge in [0, 0.05) is 32.2 Å². The first-order valence-corrected chi connectivity index (χ1v) is 19.2. The third kappa shape index (κ3) is 9.66. The Hall–Kier alpha value is -2.46. The summed E-state index contributed by atoms with van der Waals surface area (Å²) in [4.78, 5) is 41.2. The van der Waals surface area contributed by atoms with Gasteiger partial charge >= 0.3 is 12.1 Å². The maximum atomic E-state index is 13.9. The molecule has 4 bridgehead atoms. The lowest BCUT2D eigenvalue weighted by atomic mass is 9.83. The van der Waals surface area contributed by atoms with Gasteiger partial charge in [-0.1, -0.05) is 63.9 Å². The second-order valence-corrected chi connectivity index (χ2v) is 15.7. The molecule has 15 heteroatoms. The highest BCUT2D eigenvalue weighted by molar-refractivity contribution is 8.76. The number of amides is 2. The van der Waals surface area contributed by atoms with E-state index in [9.17, 15) is 19.5 Å². The molecule has 3 heterocycles. The van der Waals surface area contributed by atoms with Crippen molar-refractivity contribution in [1.82, 2.24) is 5.32 Å². The Balaban J connectivity index is 1.70. The molecule has 0 aromatic heterocycles. The van der Waals surface area contributed by atoms with Crippen molar-refractivity contribution in [3.63, 3.8) is 0 Å². The number of fused-ring (bicyclic) bond motifs is 5. The van der Waals surface area contributed by atoms with E-state index in [1.165, 1.54) is 19.1 Å². The fraction of sp³-hybridized carbons (Fsp3) is 0.618. The fourth-order valence-electron chi connectivity index (χ4n) is 6.26. The third-order valence-corrected chi connectivity index (χ3v) is 11.3. The van der Waals surface area contributed by atoms with Crippen LogP contribution in [-0.2, 0) is 39.7 Å². The Bertz CT molecular complexity index is 1430. The molecule has 0 aliphatic carbocycles. The van der Waals surface area contributed by atoms with Crippen molar-refractivity contribution in [2.75, 3.05) is 51.4 Å². The monoisotopic (exact) mass is 742 g/mol. The van der Waals surface area contributed by atoms with E-state index in [0.717, 1.165) is 16.9 Å². The predicted molar refractivity (Wildman–Crippen MR) is 190 cm³/mol. The number of esters is 1. The smallest absolute Gasteiger partial charge is 0.409 e. The summed E-state index contributed by atoms with van der Waals surface area (Å²) in [5.74, 6) is -0.187. The van der Waals surface area contributed by atoms with Gasteiger partial charge in [0.05, 0.1) is 45.0 Å². The average Bonchev–Trinajstić information content (AvgIpc) is 3.75. The van der Waals surface area contributed by atoms with Crippen molar-refractivity contribution >= 4 is 56.8 Å². The predicted octanol–water partition coefficient (Wildman–Crippen LogP) is 5.09. The van der Waals surface area contributed by atoms with E-state index in [1.54, 1.807) is 47.7 Å². The molecular formula is C34H47ClN2O10S2. The largest absolute Gasteiger partial charge is 0.495 e. The average molecular weight is 743 g/mol. The molecule has 0 radical (unpaired) electrons. The zero-order valence-corrected chi connectivity index (χ0v) is 31.4. The van der Waals surface area contributed by atoms with Crippen LogP contribution < -0.4 is 15.0 Å². The number of carbonyl (C=O) groups excluding carboxylic acids is 3. The quantitative estimate of drug-likeness (QED) is 0.143. The Morgan fingerprint density at radius 3 is 2.69 bits per heavy atom. The van der Waals surface area contributed by atoms with E-state index in [-0.39, 0.29) is 36.8 Å². The van der Waals surface area contributed by atoms with Crippen LogP contribution in [0, 0.1) is 5.92 Å². The molecule has 1 aromatic rings. The van der Waals surface area contributed by atoms with Crippen LogP contribution in [-0.4, -0.2) is 105 Å². The number of nitrogens with one attached hydrogen (secondary N) is 1. The summed E-state index contributed by atoms with van der Waals surface area (Å²) in [7, 11) is 7.86. The summed E-state index contributed by atoms with van der Waals surface area (Å²) in [6.07, 6.45) is 3.45. The van der Waals surface area contributed by atoms with Crippen LogP contribution in [0.4, 0.5) is 10.5 Å². The Morgan fingerprint density at radius 2 is 2.00 bits per heavy atom. The molecular weight excluding hydrogens is 696 g/mol. The first-order chi connectivity index (χ1) is 23.3. The molecule has 2 fully saturated rings. The number of ether oxygens (including phenoxy) is 6. The lowest BCUT2D eigenvalue weighted by Gasteiger charge is -2.42. The highest BCUT2D eigenvalue weighted by Crippen LogP contribution is 2.49. The van der Waals surface area contributed by atoms with E-state index < -0.39 is 53.7 Å². The van der Waals surface area contributed by atoms with Crippen LogP contribution in [0.2, 0.25) is 5.02 Å². The molecule has 0 unspecified atom stereocenters. The summed E-state index contributed by atoms with van der Waals surface area (Å²) >= 11 is 6.73. The molecule has 3 aliphatic heterocycles. The number of benzene rings is 1. The Labute approximate surface area is 300 Å². The fourth-order valence-corrected chi connectivity index (χ4v) is 7.63. The zero-order chi connectivity index (χ0) is 35.9. The molecule has 2 amide bonds. The second kappa shape index (κ2) is 17.2. The first-order valence-electron chi connectivity index (χ1n) is 16.1. The molecule has 3 aliphatic rings. The van der Waals surface area contributed by atoms with E-state index in [1.807, 2.05) is 38.3 Å². The van der Waals surface area contributed by atoms with Gasteiger partial charge < -0.3 is 38.4 Å². The summed E-state index contributed by atoms with van der Waals surface area (Å²) in [5.41, 5.74) is -0.670. The normalized spacial score (nSPS) is 32.2. The molecule has 0 spiro atoms. The number of hydrogen-bond donors (Lipinski definition) is 2. The van der Waals surface area contributed by atoms with Gasteiger partial charge in [0.15, 0.2) is 5.72 Å². The second-order valence-electron chi connectivity index (χ2n) is 12.6. The molecule has 2 saturated heterocycles. The summed E-state index contributed by atoms with van der Waals surface area (Å²) in [5, 5.41) is 14.4. The standard InChI is InChI=1S/C34H47ClN2O10S2/c1-20-9-8-10-26(43-6)34(41)19-25(45-32(40)36-34)21(2)31-33(3,47-31)27(46-29(39)11-12-44-13-14-49-48-7)18-28(38)37(4)23-16-22(15-20)17-24(42-5)30(23)35/h8-10,16-17,21,25-27,31,41H,11-15,18-19H2,1-7H3,(H,36,40)/b10-8+,20-9+/t21-,25+,26-,27+,31+,33+,34+/m1/s1. The van der Waals surface area contributed by atoms with Crippen LogP contribution in [0.1, 0.15) is 45.6 Å². The van der Waals surface area contributed by atoms with Crippen LogP contribution in [0.25, 0.3) is 0 Å². The van der Waals surface area contributed by atoms with Gasteiger partial charge in [-0.3, -0.25) is 14.9 Å². The maximum Gasteiger partial charge on any atom is 0.409 e. The number of epoxide rings is 1. The van der Waals surface area contributed by atoms with Crippen molar-refractivity contribution in [1.29, 1.82) is 0 Å². The third-order valence-electron chi connectivity index (χ3n) is 9.10. The molecule has 12 nitrogen and oxygen atoms in total. The van der Waals surface area contributed by atoms with Crippen LogP contribution in [0.15, 0.2) is 35.9 Å². The van der Waals surface area contributed by atoms with Gasteiger partial charge in [-0.15, -0.1) is 0 Å². The van der Waals surface area contributed by atoms with E-state index in [4.69, 9.17) is 40.0 Å². The minimum absolute atomic E-state index is 0.0101. The molecule has 1 aromatic carbocycles. The molecule has 272 valence electrons. The van der Waals surface area contributed by atoms with Crippen molar-refractivity contribution in [2.45, 2.75) is 82.2 Å². The number of alkyl carbamates (subject to hydrolysis) is 1. The molecule has 7 atom stereocenters. The van der Waals surface area contributed by atoms with Crippen LogP contribution in [0.5, 0.6) is 5.75 Å². The number of allylic oxidation sites excluding steroid dienone is 3. The highest BCUT2D eigenvalue weighted by atomic mass is 35.5. The Morgan fingerprint density at radius 1 is 1.24 bits per heavy atom. The number of methoxy groups -OCH3 is 2.